The second kappa shape index (κ2) is 8.60. The first-order valence-electron chi connectivity index (χ1n) is 7.66. The van der Waals surface area contributed by atoms with Gasteiger partial charge in [-0.05, 0) is 30.3 Å². The SMILES string of the molecule is Br.Cn1c(-c2ccc(Cl)c(S(N)(=O)=O)c2)csc1=Nc1cccc(C(F)(F)F)c1. The van der Waals surface area contributed by atoms with E-state index in [-0.39, 0.29) is 32.6 Å². The van der Waals surface area contributed by atoms with Crippen molar-refractivity contribution in [3.63, 3.8) is 0 Å². The molecule has 5 nitrogen and oxygen atoms in total. The monoisotopic (exact) mass is 527 g/mol. The second-order valence-electron chi connectivity index (χ2n) is 5.81. The number of alkyl halides is 3. The van der Waals surface area contributed by atoms with Crippen LogP contribution in [0.5, 0.6) is 0 Å². The number of hydrogen-bond acceptors (Lipinski definition) is 4. The fraction of sp³-hybridized carbons (Fsp3) is 0.118. The summed E-state index contributed by atoms with van der Waals surface area (Å²) < 4.78 is 63.6. The Morgan fingerprint density at radius 3 is 2.48 bits per heavy atom. The summed E-state index contributed by atoms with van der Waals surface area (Å²) in [6.07, 6.45) is -4.46. The third-order valence-corrected chi connectivity index (χ3v) is 6.17. The maximum absolute atomic E-state index is 12.9. The molecule has 0 fully saturated rings. The Labute approximate surface area is 184 Å². The van der Waals surface area contributed by atoms with Crippen LogP contribution in [-0.4, -0.2) is 13.0 Å². The zero-order valence-corrected chi connectivity index (χ0v) is 18.7. The van der Waals surface area contributed by atoms with Gasteiger partial charge in [0, 0.05) is 18.0 Å². The van der Waals surface area contributed by atoms with E-state index in [4.69, 9.17) is 16.7 Å². The number of rotatable bonds is 3. The van der Waals surface area contributed by atoms with Gasteiger partial charge in [-0.15, -0.1) is 28.3 Å². The number of aromatic nitrogens is 1. The van der Waals surface area contributed by atoms with Crippen LogP contribution in [-0.2, 0) is 23.2 Å². The van der Waals surface area contributed by atoms with Crippen LogP contribution in [0.25, 0.3) is 11.3 Å². The van der Waals surface area contributed by atoms with Crippen LogP contribution in [0, 0.1) is 0 Å². The Morgan fingerprint density at radius 2 is 1.86 bits per heavy atom. The molecule has 29 heavy (non-hydrogen) atoms. The Balaban J connectivity index is 0.00000300. The zero-order valence-electron chi connectivity index (χ0n) is 14.6. The minimum absolute atomic E-state index is 0. The number of nitrogens with zero attached hydrogens (tertiary/aromatic N) is 2. The van der Waals surface area contributed by atoms with Crippen molar-refractivity contribution in [1.82, 2.24) is 4.57 Å². The van der Waals surface area contributed by atoms with Gasteiger partial charge in [0.15, 0.2) is 4.80 Å². The van der Waals surface area contributed by atoms with Gasteiger partial charge >= 0.3 is 6.18 Å². The highest BCUT2D eigenvalue weighted by atomic mass is 79.9. The lowest BCUT2D eigenvalue weighted by molar-refractivity contribution is -0.137. The van der Waals surface area contributed by atoms with Crippen LogP contribution in [0.3, 0.4) is 0 Å². The fourth-order valence-corrected chi connectivity index (χ4v) is 4.47. The van der Waals surface area contributed by atoms with Crippen molar-refractivity contribution in [2.75, 3.05) is 0 Å². The summed E-state index contributed by atoms with van der Waals surface area (Å²) in [6, 6.07) is 9.06. The number of sulfonamides is 1. The molecule has 1 aromatic heterocycles. The number of nitrogens with two attached hydrogens (primary N) is 1. The molecule has 0 aliphatic carbocycles. The maximum Gasteiger partial charge on any atom is 0.416 e. The number of thiazole rings is 1. The van der Waals surface area contributed by atoms with Gasteiger partial charge in [-0.25, -0.2) is 18.5 Å². The first-order chi connectivity index (χ1) is 13.0. The van der Waals surface area contributed by atoms with Crippen LogP contribution >= 0.6 is 39.9 Å². The van der Waals surface area contributed by atoms with Gasteiger partial charge in [-0.1, -0.05) is 23.7 Å². The Kier molecular flexibility index (Phi) is 7.01. The van der Waals surface area contributed by atoms with Crippen molar-refractivity contribution < 1.29 is 21.6 Å². The van der Waals surface area contributed by atoms with Crippen LogP contribution in [0.1, 0.15) is 5.56 Å². The van der Waals surface area contributed by atoms with Gasteiger partial charge in [0.25, 0.3) is 0 Å². The van der Waals surface area contributed by atoms with Gasteiger partial charge in [0.2, 0.25) is 10.0 Å². The first kappa shape index (κ1) is 23.6. The van der Waals surface area contributed by atoms with Crippen molar-refractivity contribution in [2.45, 2.75) is 11.1 Å². The van der Waals surface area contributed by atoms with E-state index < -0.39 is 21.8 Å². The molecule has 0 amide bonds. The predicted octanol–water partition coefficient (Wildman–Crippen LogP) is 4.88. The minimum Gasteiger partial charge on any atom is -0.320 e. The average molecular weight is 529 g/mol. The minimum atomic E-state index is -4.46. The van der Waals surface area contributed by atoms with Crippen molar-refractivity contribution in [2.24, 2.45) is 17.2 Å². The van der Waals surface area contributed by atoms with Crippen molar-refractivity contribution in [3.8, 4) is 11.3 Å². The average Bonchev–Trinajstić information content (AvgIpc) is 2.95. The third-order valence-electron chi connectivity index (χ3n) is 3.86. The van der Waals surface area contributed by atoms with Crippen LogP contribution in [0.2, 0.25) is 5.02 Å². The van der Waals surface area contributed by atoms with E-state index in [0.29, 0.717) is 16.1 Å². The Hall–Kier alpha value is -1.66. The molecule has 0 atom stereocenters. The summed E-state index contributed by atoms with van der Waals surface area (Å²) in [5.74, 6) is 0. The molecular formula is C17H14BrClF3N3O2S2. The van der Waals surface area contributed by atoms with Gasteiger partial charge in [-0.3, -0.25) is 0 Å². The smallest absolute Gasteiger partial charge is 0.320 e. The molecule has 2 N–H and O–H groups in total. The van der Waals surface area contributed by atoms with Crippen molar-refractivity contribution in [3.05, 3.63) is 63.2 Å². The third kappa shape index (κ3) is 5.28. The standard InChI is InChI=1S/C17H13ClF3N3O2S2.BrH/c1-24-14(10-5-6-13(18)15(7-10)28(22,25)26)9-27-16(24)23-12-4-2-3-11(8-12)17(19,20)21;/h2-9H,1H3,(H2,22,25,26);1H. The number of halogens is 5. The van der Waals surface area contributed by atoms with Gasteiger partial charge in [0.05, 0.1) is 22.0 Å². The van der Waals surface area contributed by atoms with E-state index in [0.717, 1.165) is 12.1 Å². The lowest BCUT2D eigenvalue weighted by Gasteiger charge is -2.07. The fourth-order valence-electron chi connectivity index (χ4n) is 2.48. The molecule has 0 radical (unpaired) electrons. The molecular weight excluding hydrogens is 515 g/mol. The van der Waals surface area contributed by atoms with Gasteiger partial charge < -0.3 is 4.57 Å². The molecule has 0 aliphatic heterocycles. The summed E-state index contributed by atoms with van der Waals surface area (Å²) in [5, 5.41) is 6.88. The van der Waals surface area contributed by atoms with Crippen molar-refractivity contribution >= 4 is 55.6 Å². The highest BCUT2D eigenvalue weighted by molar-refractivity contribution is 8.93. The van der Waals surface area contributed by atoms with E-state index in [1.54, 1.807) is 23.1 Å². The van der Waals surface area contributed by atoms with E-state index >= 15 is 0 Å². The lowest BCUT2D eigenvalue weighted by Crippen LogP contribution is -2.14. The highest BCUT2D eigenvalue weighted by Gasteiger charge is 2.30. The van der Waals surface area contributed by atoms with Crippen LogP contribution in [0.4, 0.5) is 18.9 Å². The molecule has 0 saturated heterocycles. The molecule has 12 heteroatoms. The van der Waals surface area contributed by atoms with Crippen molar-refractivity contribution in [1.29, 1.82) is 0 Å². The number of benzene rings is 2. The molecule has 3 rings (SSSR count). The largest absolute Gasteiger partial charge is 0.416 e. The molecule has 0 unspecified atom stereocenters. The maximum atomic E-state index is 12.9. The van der Waals surface area contributed by atoms with Gasteiger partial charge in [-0.2, -0.15) is 13.2 Å². The predicted molar refractivity (Wildman–Crippen MR) is 112 cm³/mol. The normalized spacial score (nSPS) is 12.7. The van der Waals surface area contributed by atoms with E-state index in [1.807, 2.05) is 0 Å². The molecule has 156 valence electrons. The molecule has 0 bridgehead atoms. The van der Waals surface area contributed by atoms with Crippen LogP contribution in [0.15, 0.2) is 57.7 Å². The molecule has 0 aliphatic rings. The summed E-state index contributed by atoms with van der Waals surface area (Å²) in [6.45, 7) is 0. The van der Waals surface area contributed by atoms with E-state index in [1.165, 1.54) is 35.6 Å². The summed E-state index contributed by atoms with van der Waals surface area (Å²) in [5.41, 5.74) is 0.499. The molecule has 1 heterocycles. The van der Waals surface area contributed by atoms with Crippen LogP contribution < -0.4 is 9.94 Å². The summed E-state index contributed by atoms with van der Waals surface area (Å²) in [7, 11) is -2.33. The van der Waals surface area contributed by atoms with Gasteiger partial charge in [0.1, 0.15) is 4.90 Å². The van der Waals surface area contributed by atoms with E-state index in [9.17, 15) is 21.6 Å². The molecule has 0 saturated carbocycles. The number of hydrogen-bond donors (Lipinski definition) is 1. The Bertz CT molecular complexity index is 1220. The molecule has 0 spiro atoms. The summed E-state index contributed by atoms with van der Waals surface area (Å²) >= 11 is 7.10. The second-order valence-corrected chi connectivity index (χ2v) is 8.59. The molecule has 2 aromatic carbocycles. The molecule has 3 aromatic rings. The van der Waals surface area contributed by atoms with E-state index in [2.05, 4.69) is 4.99 Å². The first-order valence-corrected chi connectivity index (χ1v) is 10.5. The zero-order chi connectivity index (χ0) is 20.7. The topological polar surface area (TPSA) is 77.5 Å². The quantitative estimate of drug-likeness (QED) is 0.526. The summed E-state index contributed by atoms with van der Waals surface area (Å²) in [4.78, 5) is 4.48. The Morgan fingerprint density at radius 1 is 1.17 bits per heavy atom. The lowest BCUT2D eigenvalue weighted by atomic mass is 10.2. The number of primary sulfonamides is 1. The highest BCUT2D eigenvalue weighted by Crippen LogP contribution is 2.31.